The van der Waals surface area contributed by atoms with Crippen LogP contribution in [0.4, 0.5) is 24.9 Å². The van der Waals surface area contributed by atoms with E-state index >= 15 is 0 Å². The van der Waals surface area contributed by atoms with Crippen LogP contribution >= 0.6 is 11.8 Å². The first-order chi connectivity index (χ1) is 9.29. The average molecular weight is 306 g/mol. The minimum atomic E-state index is -4.47. The van der Waals surface area contributed by atoms with Crippen molar-refractivity contribution in [2.45, 2.75) is 30.5 Å². The number of hydrogen-bond donors (Lipinski definition) is 1. The molecule has 1 fully saturated rings. The fourth-order valence-corrected chi connectivity index (χ4v) is 3.54. The Balaban J connectivity index is 2.35. The maximum Gasteiger partial charge on any atom is 0.433 e. The standard InChI is InChI=1S/C12H17F3N4S/c1-7-5-19(6-8(2)20-7)10-4-9(12(13,14)15)17-11(16-3)18-10/h4,7-8H,5-6H2,1-3H3,(H,16,17,18). The van der Waals surface area contributed by atoms with E-state index in [4.69, 9.17) is 0 Å². The lowest BCUT2D eigenvalue weighted by Gasteiger charge is -2.35. The van der Waals surface area contributed by atoms with Crippen molar-refractivity contribution < 1.29 is 13.2 Å². The molecule has 0 bridgehead atoms. The summed E-state index contributed by atoms with van der Waals surface area (Å²) in [5, 5.41) is 3.31. The smallest absolute Gasteiger partial charge is 0.357 e. The van der Waals surface area contributed by atoms with Gasteiger partial charge in [0, 0.05) is 36.7 Å². The molecule has 0 amide bonds. The van der Waals surface area contributed by atoms with Crippen molar-refractivity contribution in [2.75, 3.05) is 30.4 Å². The number of anilines is 2. The van der Waals surface area contributed by atoms with Gasteiger partial charge in [-0.05, 0) is 0 Å². The molecular formula is C12H17F3N4S. The zero-order valence-electron chi connectivity index (χ0n) is 11.5. The lowest BCUT2D eigenvalue weighted by atomic mass is 10.3. The molecule has 0 saturated carbocycles. The van der Waals surface area contributed by atoms with Gasteiger partial charge in [0.05, 0.1) is 0 Å². The van der Waals surface area contributed by atoms with Crippen LogP contribution in [-0.2, 0) is 6.18 Å². The third-order valence-corrected chi connectivity index (χ3v) is 4.20. The molecular weight excluding hydrogens is 289 g/mol. The second-order valence-corrected chi connectivity index (χ2v) is 6.73. The van der Waals surface area contributed by atoms with Crippen molar-refractivity contribution >= 4 is 23.5 Å². The summed E-state index contributed by atoms with van der Waals surface area (Å²) in [5.74, 6) is 0.323. The van der Waals surface area contributed by atoms with Gasteiger partial charge in [0.25, 0.3) is 0 Å². The molecule has 1 saturated heterocycles. The molecule has 1 aromatic heterocycles. The predicted octanol–water partition coefficient (Wildman–Crippen LogP) is 2.87. The number of aromatic nitrogens is 2. The van der Waals surface area contributed by atoms with Gasteiger partial charge >= 0.3 is 6.18 Å². The van der Waals surface area contributed by atoms with Gasteiger partial charge in [0.1, 0.15) is 5.82 Å². The summed E-state index contributed by atoms with van der Waals surface area (Å²) in [5.41, 5.74) is -0.912. The van der Waals surface area contributed by atoms with E-state index in [1.807, 2.05) is 16.7 Å². The normalized spacial score (nSPS) is 23.8. The van der Waals surface area contributed by atoms with Crippen LogP contribution in [-0.4, -0.2) is 40.6 Å². The van der Waals surface area contributed by atoms with Gasteiger partial charge in [-0.3, -0.25) is 0 Å². The molecule has 2 rings (SSSR count). The lowest BCUT2D eigenvalue weighted by molar-refractivity contribution is -0.141. The Hall–Kier alpha value is -1.18. The average Bonchev–Trinajstić information content (AvgIpc) is 2.36. The van der Waals surface area contributed by atoms with E-state index in [1.54, 1.807) is 0 Å². The molecule has 4 nitrogen and oxygen atoms in total. The first kappa shape index (κ1) is 15.2. The van der Waals surface area contributed by atoms with Crippen LogP contribution in [0.15, 0.2) is 6.07 Å². The van der Waals surface area contributed by atoms with Gasteiger partial charge in [-0.25, -0.2) is 4.98 Å². The third kappa shape index (κ3) is 3.47. The summed E-state index contributed by atoms with van der Waals surface area (Å²) >= 11 is 1.84. The highest BCUT2D eigenvalue weighted by Gasteiger charge is 2.35. The maximum absolute atomic E-state index is 12.9. The largest absolute Gasteiger partial charge is 0.433 e. The van der Waals surface area contributed by atoms with Crippen LogP contribution in [0, 0.1) is 0 Å². The molecule has 1 aromatic rings. The van der Waals surface area contributed by atoms with Crippen LogP contribution in [0.2, 0.25) is 0 Å². The summed E-state index contributed by atoms with van der Waals surface area (Å²) in [4.78, 5) is 9.52. The molecule has 0 aromatic carbocycles. The molecule has 112 valence electrons. The number of alkyl halides is 3. The molecule has 1 N–H and O–H groups in total. The van der Waals surface area contributed by atoms with E-state index in [9.17, 15) is 13.2 Å². The number of nitrogens with zero attached hydrogens (tertiary/aromatic N) is 3. The van der Waals surface area contributed by atoms with Crippen molar-refractivity contribution in [1.82, 2.24) is 9.97 Å². The summed E-state index contributed by atoms with van der Waals surface area (Å²) < 4.78 is 38.6. The van der Waals surface area contributed by atoms with Crippen LogP contribution < -0.4 is 10.2 Å². The Kier molecular flexibility index (Phi) is 4.31. The van der Waals surface area contributed by atoms with Crippen molar-refractivity contribution in [2.24, 2.45) is 0 Å². The first-order valence-electron chi connectivity index (χ1n) is 6.34. The second-order valence-electron chi connectivity index (χ2n) is 4.85. The van der Waals surface area contributed by atoms with Gasteiger partial charge in [0.15, 0.2) is 5.69 Å². The van der Waals surface area contributed by atoms with E-state index in [0.717, 1.165) is 6.07 Å². The molecule has 2 atom stereocenters. The number of thioether (sulfide) groups is 1. The fraction of sp³-hybridized carbons (Fsp3) is 0.667. The maximum atomic E-state index is 12.9. The van der Waals surface area contributed by atoms with Crippen molar-refractivity contribution in [3.05, 3.63) is 11.8 Å². The second kappa shape index (κ2) is 5.67. The van der Waals surface area contributed by atoms with E-state index in [-0.39, 0.29) is 5.95 Å². The Morgan fingerprint density at radius 2 is 1.85 bits per heavy atom. The third-order valence-electron chi connectivity index (χ3n) is 2.97. The lowest BCUT2D eigenvalue weighted by Crippen LogP contribution is -2.41. The molecule has 8 heteroatoms. The molecule has 0 aliphatic carbocycles. The monoisotopic (exact) mass is 306 g/mol. The summed E-state index contributed by atoms with van der Waals surface area (Å²) in [6, 6.07) is 1.02. The molecule has 20 heavy (non-hydrogen) atoms. The van der Waals surface area contributed by atoms with E-state index in [0.29, 0.717) is 29.4 Å². The SMILES string of the molecule is CNc1nc(N2CC(C)SC(C)C2)cc(C(F)(F)F)n1. The van der Waals surface area contributed by atoms with Crippen LogP contribution in [0.25, 0.3) is 0 Å². The molecule has 2 heterocycles. The van der Waals surface area contributed by atoms with Gasteiger partial charge in [-0.2, -0.15) is 29.9 Å². The molecule has 2 unspecified atom stereocenters. The molecule has 1 aliphatic rings. The van der Waals surface area contributed by atoms with E-state index < -0.39 is 11.9 Å². The van der Waals surface area contributed by atoms with Crippen LogP contribution in [0.5, 0.6) is 0 Å². The zero-order chi connectivity index (χ0) is 14.9. The topological polar surface area (TPSA) is 41.1 Å². The van der Waals surface area contributed by atoms with Gasteiger partial charge in [-0.15, -0.1) is 0 Å². The summed E-state index contributed by atoms with van der Waals surface area (Å²) in [6.45, 7) is 5.51. The van der Waals surface area contributed by atoms with Crippen molar-refractivity contribution in [3.8, 4) is 0 Å². The summed E-state index contributed by atoms with van der Waals surface area (Å²) in [7, 11) is 1.51. The highest BCUT2D eigenvalue weighted by molar-refractivity contribution is 8.00. The highest BCUT2D eigenvalue weighted by Crippen LogP contribution is 2.33. The minimum absolute atomic E-state index is 0.00615. The summed E-state index contributed by atoms with van der Waals surface area (Å²) in [6.07, 6.45) is -4.47. The predicted molar refractivity (Wildman–Crippen MR) is 75.3 cm³/mol. The van der Waals surface area contributed by atoms with Crippen molar-refractivity contribution in [1.29, 1.82) is 0 Å². The molecule has 0 spiro atoms. The van der Waals surface area contributed by atoms with E-state index in [2.05, 4.69) is 29.1 Å². The van der Waals surface area contributed by atoms with Gasteiger partial charge in [-0.1, -0.05) is 13.8 Å². The Morgan fingerprint density at radius 1 is 1.25 bits per heavy atom. The van der Waals surface area contributed by atoms with Crippen molar-refractivity contribution in [3.63, 3.8) is 0 Å². The van der Waals surface area contributed by atoms with Gasteiger partial charge in [0.2, 0.25) is 5.95 Å². The molecule has 1 aliphatic heterocycles. The quantitative estimate of drug-likeness (QED) is 0.910. The number of halogens is 3. The number of hydrogen-bond acceptors (Lipinski definition) is 5. The van der Waals surface area contributed by atoms with Crippen LogP contribution in [0.3, 0.4) is 0 Å². The van der Waals surface area contributed by atoms with Crippen LogP contribution in [0.1, 0.15) is 19.5 Å². The highest BCUT2D eigenvalue weighted by atomic mass is 32.2. The first-order valence-corrected chi connectivity index (χ1v) is 7.28. The van der Waals surface area contributed by atoms with E-state index in [1.165, 1.54) is 7.05 Å². The Morgan fingerprint density at radius 3 is 2.35 bits per heavy atom. The minimum Gasteiger partial charge on any atom is -0.357 e. The van der Waals surface area contributed by atoms with Gasteiger partial charge < -0.3 is 10.2 Å². The fourth-order valence-electron chi connectivity index (χ4n) is 2.22. The Bertz CT molecular complexity index is 470. The number of rotatable bonds is 2. The molecule has 0 radical (unpaired) electrons. The number of nitrogens with one attached hydrogen (secondary N) is 1. The zero-order valence-corrected chi connectivity index (χ0v) is 12.3. The Labute approximate surface area is 120 Å².